The zero-order valence-corrected chi connectivity index (χ0v) is 19.0. The highest BCUT2D eigenvalue weighted by Crippen LogP contribution is 2.28. The number of nitrogens with zero attached hydrogens (tertiary/aromatic N) is 2. The zero-order chi connectivity index (χ0) is 24.2. The number of carbonyl (C=O) groups is 2. The predicted octanol–water partition coefficient (Wildman–Crippen LogP) is 4.49. The molecule has 7 nitrogen and oxygen atoms in total. The van der Waals surface area contributed by atoms with Gasteiger partial charge in [0.15, 0.2) is 0 Å². The highest BCUT2D eigenvalue weighted by molar-refractivity contribution is 5.89. The van der Waals surface area contributed by atoms with E-state index < -0.39 is 18.1 Å². The molecule has 1 saturated heterocycles. The van der Waals surface area contributed by atoms with Crippen molar-refractivity contribution in [1.82, 2.24) is 15.5 Å². The topological polar surface area (TPSA) is 98.4 Å². The number of urea groups is 1. The van der Waals surface area contributed by atoms with E-state index in [2.05, 4.69) is 16.7 Å². The van der Waals surface area contributed by atoms with Crippen molar-refractivity contribution in [3.05, 3.63) is 107 Å². The number of hydrogen-bond donors (Lipinski definition) is 2. The number of nitriles is 1. The van der Waals surface area contributed by atoms with Crippen LogP contribution in [-0.4, -0.2) is 29.4 Å². The summed E-state index contributed by atoms with van der Waals surface area (Å²) in [5, 5.41) is 15.7. The van der Waals surface area contributed by atoms with E-state index in [4.69, 9.17) is 9.68 Å². The van der Waals surface area contributed by atoms with E-state index in [1.54, 1.807) is 17.0 Å². The monoisotopic (exact) mass is 464 g/mol. The molecule has 7 heteroatoms. The second-order valence-corrected chi connectivity index (χ2v) is 8.56. The van der Waals surface area contributed by atoms with Crippen LogP contribution < -0.4 is 10.6 Å². The third-order valence-corrected chi connectivity index (χ3v) is 6.20. The van der Waals surface area contributed by atoms with Crippen molar-refractivity contribution < 1.29 is 14.0 Å². The standard InChI is InChI=1S/C28H24N4O3/c29-17-19-10-12-20(13-11-19)18-32-15-14-23(27(32)33)30-28(34)31-26(21-6-2-1-3-7-21)25-16-22-8-4-5-9-24(22)35-25/h1-13,16,23,26H,14-15,18H2,(H2,30,31,34). The van der Waals surface area contributed by atoms with Crippen molar-refractivity contribution in [1.29, 1.82) is 5.26 Å². The molecule has 2 heterocycles. The third-order valence-electron chi connectivity index (χ3n) is 6.20. The first-order chi connectivity index (χ1) is 17.1. The fourth-order valence-corrected chi connectivity index (χ4v) is 4.37. The van der Waals surface area contributed by atoms with Gasteiger partial charge in [-0.2, -0.15) is 5.26 Å². The van der Waals surface area contributed by atoms with Crippen molar-refractivity contribution in [2.45, 2.75) is 25.0 Å². The van der Waals surface area contributed by atoms with Gasteiger partial charge in [0.05, 0.1) is 11.6 Å². The molecule has 5 rings (SSSR count). The lowest BCUT2D eigenvalue weighted by Crippen LogP contribution is -2.47. The summed E-state index contributed by atoms with van der Waals surface area (Å²) in [6.07, 6.45) is 0.531. The van der Waals surface area contributed by atoms with Crippen LogP contribution in [0.2, 0.25) is 0 Å². The van der Waals surface area contributed by atoms with Crippen LogP contribution in [0.3, 0.4) is 0 Å². The molecule has 1 fully saturated rings. The van der Waals surface area contributed by atoms with Gasteiger partial charge in [0.2, 0.25) is 5.91 Å². The normalized spacial score (nSPS) is 16.1. The Morgan fingerprint density at radius 1 is 1.06 bits per heavy atom. The summed E-state index contributed by atoms with van der Waals surface area (Å²) in [6, 6.07) is 26.9. The van der Waals surface area contributed by atoms with Crippen molar-refractivity contribution in [3.63, 3.8) is 0 Å². The Labute approximate surface area is 203 Å². The Hall–Kier alpha value is -4.57. The Kier molecular flexibility index (Phi) is 6.18. The van der Waals surface area contributed by atoms with E-state index in [0.29, 0.717) is 30.8 Å². The Morgan fingerprint density at radius 2 is 1.80 bits per heavy atom. The van der Waals surface area contributed by atoms with Crippen LogP contribution in [0, 0.1) is 11.3 Å². The first-order valence-corrected chi connectivity index (χ1v) is 11.5. The van der Waals surface area contributed by atoms with Gasteiger partial charge in [-0.1, -0.05) is 60.7 Å². The summed E-state index contributed by atoms with van der Waals surface area (Å²) in [5.41, 5.74) is 3.14. The number of likely N-dealkylation sites (tertiary alicyclic amines) is 1. The lowest BCUT2D eigenvalue weighted by Gasteiger charge is -2.20. The molecule has 174 valence electrons. The van der Waals surface area contributed by atoms with E-state index in [9.17, 15) is 9.59 Å². The molecule has 0 bridgehead atoms. The minimum absolute atomic E-state index is 0.121. The molecule has 2 unspecified atom stereocenters. The van der Waals surface area contributed by atoms with Crippen molar-refractivity contribution in [2.75, 3.05) is 6.54 Å². The molecule has 3 amide bonds. The smallest absolute Gasteiger partial charge is 0.316 e. The van der Waals surface area contributed by atoms with E-state index in [1.165, 1.54) is 0 Å². The summed E-state index contributed by atoms with van der Waals surface area (Å²) in [5.74, 6) is 0.497. The molecule has 2 atom stereocenters. The van der Waals surface area contributed by atoms with E-state index >= 15 is 0 Å². The summed E-state index contributed by atoms with van der Waals surface area (Å²) in [4.78, 5) is 27.6. The SMILES string of the molecule is N#Cc1ccc(CN2CCC(NC(=O)NC(c3ccccc3)c3cc4ccccc4o3)C2=O)cc1. The number of rotatable bonds is 6. The Morgan fingerprint density at radius 3 is 2.54 bits per heavy atom. The van der Waals surface area contributed by atoms with Crippen LogP contribution in [0.4, 0.5) is 4.79 Å². The van der Waals surface area contributed by atoms with E-state index in [0.717, 1.165) is 22.1 Å². The number of furan rings is 1. The molecule has 4 aromatic rings. The fraction of sp³-hybridized carbons (Fsp3) is 0.179. The summed E-state index contributed by atoms with van der Waals surface area (Å²) >= 11 is 0. The number of benzene rings is 3. The van der Waals surface area contributed by atoms with Crippen LogP contribution in [-0.2, 0) is 11.3 Å². The molecular formula is C28H24N4O3. The molecule has 35 heavy (non-hydrogen) atoms. The number of fused-ring (bicyclic) bond motifs is 1. The molecular weight excluding hydrogens is 440 g/mol. The van der Waals surface area contributed by atoms with Crippen molar-refractivity contribution >= 4 is 22.9 Å². The minimum Gasteiger partial charge on any atom is -0.459 e. The predicted molar refractivity (Wildman–Crippen MR) is 131 cm³/mol. The van der Waals surface area contributed by atoms with E-state index in [1.807, 2.05) is 72.8 Å². The number of hydrogen-bond acceptors (Lipinski definition) is 4. The molecule has 1 aliphatic heterocycles. The highest BCUT2D eigenvalue weighted by atomic mass is 16.3. The number of para-hydroxylation sites is 1. The van der Waals surface area contributed by atoms with Gasteiger partial charge in [-0.25, -0.2) is 4.79 Å². The van der Waals surface area contributed by atoms with Gasteiger partial charge >= 0.3 is 6.03 Å². The van der Waals surface area contributed by atoms with Gasteiger partial charge in [0.25, 0.3) is 0 Å². The molecule has 0 aliphatic carbocycles. The van der Waals surface area contributed by atoms with Gasteiger partial charge in [-0.05, 0) is 41.8 Å². The molecule has 0 saturated carbocycles. The molecule has 0 spiro atoms. The van der Waals surface area contributed by atoms with Crippen molar-refractivity contribution in [2.24, 2.45) is 0 Å². The van der Waals surface area contributed by atoms with E-state index in [-0.39, 0.29) is 5.91 Å². The highest BCUT2D eigenvalue weighted by Gasteiger charge is 2.33. The third kappa shape index (κ3) is 4.87. The average Bonchev–Trinajstić information content (AvgIpc) is 3.47. The summed E-state index contributed by atoms with van der Waals surface area (Å²) in [7, 11) is 0. The molecule has 3 aromatic carbocycles. The molecule has 2 N–H and O–H groups in total. The Bertz CT molecular complexity index is 1360. The summed E-state index contributed by atoms with van der Waals surface area (Å²) < 4.78 is 6.04. The fourth-order valence-electron chi connectivity index (χ4n) is 4.37. The lowest BCUT2D eigenvalue weighted by molar-refractivity contribution is -0.129. The number of amides is 3. The summed E-state index contributed by atoms with van der Waals surface area (Å²) in [6.45, 7) is 0.992. The van der Waals surface area contributed by atoms with Gasteiger partial charge in [-0.3, -0.25) is 4.79 Å². The van der Waals surface area contributed by atoms with Crippen molar-refractivity contribution in [3.8, 4) is 6.07 Å². The maximum absolute atomic E-state index is 13.0. The molecule has 1 aliphatic rings. The zero-order valence-electron chi connectivity index (χ0n) is 19.0. The maximum Gasteiger partial charge on any atom is 0.316 e. The largest absolute Gasteiger partial charge is 0.459 e. The number of nitrogens with one attached hydrogen (secondary N) is 2. The van der Waals surface area contributed by atoms with Crippen LogP contribution in [0.1, 0.15) is 34.9 Å². The Balaban J connectivity index is 1.27. The van der Waals surface area contributed by atoms with Crippen LogP contribution in [0.25, 0.3) is 11.0 Å². The number of carbonyl (C=O) groups excluding carboxylic acids is 2. The first-order valence-electron chi connectivity index (χ1n) is 11.5. The minimum atomic E-state index is -0.597. The molecule has 0 radical (unpaired) electrons. The van der Waals surface area contributed by atoms with Crippen LogP contribution in [0.15, 0.2) is 89.3 Å². The van der Waals surface area contributed by atoms with Crippen LogP contribution >= 0.6 is 0 Å². The van der Waals surface area contributed by atoms with Gasteiger partial charge < -0.3 is 20.0 Å². The maximum atomic E-state index is 13.0. The van der Waals surface area contributed by atoms with Gasteiger partial charge in [0, 0.05) is 18.5 Å². The van der Waals surface area contributed by atoms with Gasteiger partial charge in [-0.15, -0.1) is 0 Å². The molecule has 1 aromatic heterocycles. The van der Waals surface area contributed by atoms with Crippen LogP contribution in [0.5, 0.6) is 0 Å². The lowest BCUT2D eigenvalue weighted by atomic mass is 10.0. The average molecular weight is 465 g/mol. The second kappa shape index (κ2) is 9.74. The van der Waals surface area contributed by atoms with Gasteiger partial charge in [0.1, 0.15) is 23.4 Å². The second-order valence-electron chi connectivity index (χ2n) is 8.56. The first kappa shape index (κ1) is 22.2. The quantitative estimate of drug-likeness (QED) is 0.439.